The summed E-state index contributed by atoms with van der Waals surface area (Å²) in [6.07, 6.45) is 1.22. The molecule has 1 aromatic heterocycles. The van der Waals surface area contributed by atoms with Crippen LogP contribution in [0.15, 0.2) is 23.2 Å². The number of aromatic nitrogens is 1. The molecule has 0 saturated carbocycles. The summed E-state index contributed by atoms with van der Waals surface area (Å²) in [7, 11) is -0.595. The zero-order chi connectivity index (χ0) is 13.1. The number of pyridine rings is 1. The third kappa shape index (κ3) is 3.40. The van der Waals surface area contributed by atoms with Crippen LogP contribution in [0, 0.1) is 0 Å². The lowest BCUT2D eigenvalue weighted by Crippen LogP contribution is -2.23. The van der Waals surface area contributed by atoms with Gasteiger partial charge in [0.2, 0.25) is 15.9 Å². The summed E-state index contributed by atoms with van der Waals surface area (Å²) in [6.45, 7) is -0.0488. The van der Waals surface area contributed by atoms with Gasteiger partial charge in [0.1, 0.15) is 10.7 Å². The highest BCUT2D eigenvalue weighted by Crippen LogP contribution is 2.13. The topological polar surface area (TPSA) is 105 Å². The Kier molecular flexibility index (Phi) is 4.02. The molecule has 1 rings (SSSR count). The number of rotatable bonds is 5. The molecule has 94 valence electrons. The van der Waals surface area contributed by atoms with Gasteiger partial charge < -0.3 is 11.1 Å². The third-order valence-corrected chi connectivity index (χ3v) is 3.76. The van der Waals surface area contributed by atoms with E-state index in [1.54, 1.807) is 0 Å². The molecular weight excluding hydrogens is 244 g/mol. The van der Waals surface area contributed by atoms with Crippen molar-refractivity contribution < 1.29 is 13.2 Å². The van der Waals surface area contributed by atoms with E-state index in [0.29, 0.717) is 5.82 Å². The van der Waals surface area contributed by atoms with Crippen LogP contribution in [0.4, 0.5) is 5.82 Å². The van der Waals surface area contributed by atoms with Crippen LogP contribution >= 0.6 is 0 Å². The number of sulfonamides is 1. The second kappa shape index (κ2) is 5.11. The van der Waals surface area contributed by atoms with Gasteiger partial charge in [0.25, 0.3) is 0 Å². The molecule has 0 unspecified atom stereocenters. The zero-order valence-electron chi connectivity index (χ0n) is 9.54. The fraction of sp³-hybridized carbons (Fsp3) is 0.333. The van der Waals surface area contributed by atoms with Crippen LogP contribution in [0.3, 0.4) is 0 Å². The Morgan fingerprint density at radius 2 is 2.12 bits per heavy atom. The molecule has 7 nitrogen and oxygen atoms in total. The number of hydrogen-bond donors (Lipinski definition) is 2. The van der Waals surface area contributed by atoms with Crippen molar-refractivity contribution in [3.63, 3.8) is 0 Å². The lowest BCUT2D eigenvalue weighted by Gasteiger charge is -2.11. The average molecular weight is 258 g/mol. The van der Waals surface area contributed by atoms with Gasteiger partial charge in [-0.25, -0.2) is 17.7 Å². The molecule has 0 aliphatic carbocycles. The van der Waals surface area contributed by atoms with Gasteiger partial charge in [-0.3, -0.25) is 4.79 Å². The molecule has 0 fully saturated rings. The maximum atomic E-state index is 11.7. The normalized spacial score (nSPS) is 11.5. The third-order valence-electron chi connectivity index (χ3n) is 1.96. The van der Waals surface area contributed by atoms with Gasteiger partial charge in [-0.1, -0.05) is 0 Å². The van der Waals surface area contributed by atoms with Gasteiger partial charge in [0, 0.05) is 20.3 Å². The number of anilines is 1. The van der Waals surface area contributed by atoms with E-state index in [2.05, 4.69) is 10.3 Å². The molecule has 17 heavy (non-hydrogen) atoms. The second-order valence-corrected chi connectivity index (χ2v) is 5.64. The first-order valence-electron chi connectivity index (χ1n) is 4.75. The number of primary amides is 1. The first-order chi connectivity index (χ1) is 7.84. The van der Waals surface area contributed by atoms with Crippen LogP contribution in [-0.2, 0) is 14.8 Å². The minimum atomic E-state index is -3.47. The van der Waals surface area contributed by atoms with Crippen LogP contribution in [0.5, 0.6) is 0 Å². The van der Waals surface area contributed by atoms with Gasteiger partial charge in [-0.05, 0) is 12.1 Å². The summed E-state index contributed by atoms with van der Waals surface area (Å²) >= 11 is 0. The summed E-state index contributed by atoms with van der Waals surface area (Å²) in [5.74, 6) is -0.127. The van der Waals surface area contributed by atoms with Crippen molar-refractivity contribution in [1.29, 1.82) is 0 Å². The standard InChI is InChI=1S/C9H14N4O3S/c1-13(2)17(15,16)7-3-4-9(11-5-7)12-6-8(10)14/h3-5H,6H2,1-2H3,(H2,10,14)(H,11,12). The minimum Gasteiger partial charge on any atom is -0.368 e. The Bertz CT molecular complexity index is 495. The first kappa shape index (κ1) is 13.4. The fourth-order valence-electron chi connectivity index (χ4n) is 1.03. The van der Waals surface area contributed by atoms with E-state index in [0.717, 1.165) is 4.31 Å². The van der Waals surface area contributed by atoms with Crippen molar-refractivity contribution in [2.75, 3.05) is 26.0 Å². The molecule has 0 saturated heterocycles. The first-order valence-corrected chi connectivity index (χ1v) is 6.19. The molecule has 0 bridgehead atoms. The Morgan fingerprint density at radius 1 is 1.47 bits per heavy atom. The quantitative estimate of drug-likeness (QED) is 0.721. The summed E-state index contributed by atoms with van der Waals surface area (Å²) in [6, 6.07) is 2.88. The number of carbonyl (C=O) groups is 1. The maximum absolute atomic E-state index is 11.7. The van der Waals surface area contributed by atoms with Gasteiger partial charge >= 0.3 is 0 Å². The highest BCUT2D eigenvalue weighted by molar-refractivity contribution is 7.89. The number of nitrogens with one attached hydrogen (secondary N) is 1. The van der Waals surface area contributed by atoms with E-state index in [1.165, 1.54) is 32.4 Å². The predicted octanol–water partition coefficient (Wildman–Crippen LogP) is -0.771. The van der Waals surface area contributed by atoms with E-state index < -0.39 is 15.9 Å². The van der Waals surface area contributed by atoms with Gasteiger partial charge in [-0.15, -0.1) is 0 Å². The second-order valence-electron chi connectivity index (χ2n) is 3.49. The summed E-state index contributed by atoms with van der Waals surface area (Å²) in [4.78, 5) is 14.5. The van der Waals surface area contributed by atoms with E-state index in [1.807, 2.05) is 0 Å². The molecule has 1 aromatic rings. The van der Waals surface area contributed by atoms with Crippen LogP contribution < -0.4 is 11.1 Å². The Balaban J connectivity index is 2.85. The molecule has 0 aromatic carbocycles. The van der Waals surface area contributed by atoms with Crippen molar-refractivity contribution in [3.05, 3.63) is 18.3 Å². The molecule has 0 radical (unpaired) electrons. The number of amides is 1. The molecule has 3 N–H and O–H groups in total. The lowest BCUT2D eigenvalue weighted by molar-refractivity contribution is -0.116. The van der Waals surface area contributed by atoms with E-state index >= 15 is 0 Å². The predicted molar refractivity (Wildman–Crippen MR) is 62.8 cm³/mol. The smallest absolute Gasteiger partial charge is 0.244 e. The van der Waals surface area contributed by atoms with E-state index in [9.17, 15) is 13.2 Å². The monoisotopic (exact) mass is 258 g/mol. The zero-order valence-corrected chi connectivity index (χ0v) is 10.4. The average Bonchev–Trinajstić information content (AvgIpc) is 2.26. The molecule has 1 amide bonds. The fourth-order valence-corrected chi connectivity index (χ4v) is 1.87. The SMILES string of the molecule is CN(C)S(=O)(=O)c1ccc(NCC(N)=O)nc1. The molecule has 0 spiro atoms. The van der Waals surface area contributed by atoms with Crippen molar-refractivity contribution in [3.8, 4) is 0 Å². The Labute approximate surface area is 99.7 Å². The molecular formula is C9H14N4O3S. The van der Waals surface area contributed by atoms with Crippen LogP contribution in [-0.4, -0.2) is 44.3 Å². The molecule has 1 heterocycles. The summed E-state index contributed by atoms with van der Waals surface area (Å²) in [5.41, 5.74) is 4.95. The Hall–Kier alpha value is -1.67. The van der Waals surface area contributed by atoms with Crippen molar-refractivity contribution in [1.82, 2.24) is 9.29 Å². The Morgan fingerprint density at radius 3 is 2.53 bits per heavy atom. The van der Waals surface area contributed by atoms with E-state index in [4.69, 9.17) is 5.73 Å². The van der Waals surface area contributed by atoms with Gasteiger partial charge in [0.15, 0.2) is 0 Å². The highest BCUT2D eigenvalue weighted by atomic mass is 32.2. The number of nitrogens with zero attached hydrogens (tertiary/aromatic N) is 2. The van der Waals surface area contributed by atoms with Gasteiger partial charge in [-0.2, -0.15) is 0 Å². The van der Waals surface area contributed by atoms with Crippen LogP contribution in [0.1, 0.15) is 0 Å². The lowest BCUT2D eigenvalue weighted by atomic mass is 10.4. The minimum absolute atomic E-state index is 0.0488. The van der Waals surface area contributed by atoms with Crippen LogP contribution in [0.2, 0.25) is 0 Å². The number of hydrogen-bond acceptors (Lipinski definition) is 5. The number of carbonyl (C=O) groups excluding carboxylic acids is 1. The molecule has 0 atom stereocenters. The summed E-state index contributed by atoms with van der Waals surface area (Å²) < 4.78 is 24.5. The summed E-state index contributed by atoms with van der Waals surface area (Å²) in [5, 5.41) is 2.66. The maximum Gasteiger partial charge on any atom is 0.244 e. The number of nitrogens with two attached hydrogens (primary N) is 1. The van der Waals surface area contributed by atoms with Crippen molar-refractivity contribution >= 4 is 21.7 Å². The van der Waals surface area contributed by atoms with Crippen LogP contribution in [0.25, 0.3) is 0 Å². The molecule has 0 aliphatic rings. The van der Waals surface area contributed by atoms with Crippen molar-refractivity contribution in [2.45, 2.75) is 4.90 Å². The molecule has 8 heteroatoms. The van der Waals surface area contributed by atoms with Crippen molar-refractivity contribution in [2.24, 2.45) is 5.73 Å². The highest BCUT2D eigenvalue weighted by Gasteiger charge is 2.17. The van der Waals surface area contributed by atoms with E-state index in [-0.39, 0.29) is 11.4 Å². The molecule has 0 aliphatic heterocycles. The van der Waals surface area contributed by atoms with Gasteiger partial charge in [0.05, 0.1) is 6.54 Å². The largest absolute Gasteiger partial charge is 0.368 e.